The van der Waals surface area contributed by atoms with Gasteiger partial charge in [0.2, 0.25) is 0 Å². The van der Waals surface area contributed by atoms with Gasteiger partial charge in [-0.05, 0) is 61.8 Å². The van der Waals surface area contributed by atoms with Crippen molar-refractivity contribution in [1.82, 2.24) is 14.8 Å². The molecule has 1 heterocycles. The summed E-state index contributed by atoms with van der Waals surface area (Å²) in [6.07, 6.45) is 8.20. The first-order chi connectivity index (χ1) is 13.0. The molecule has 0 spiro atoms. The molecule has 4 aliphatic rings. The molecule has 7 heteroatoms. The minimum atomic E-state index is -0.886. The predicted octanol–water partition coefficient (Wildman–Crippen LogP) is 2.98. The quantitative estimate of drug-likeness (QED) is 0.610. The van der Waals surface area contributed by atoms with Crippen molar-refractivity contribution < 1.29 is 10.4 Å². The molecule has 144 valence electrons. The van der Waals surface area contributed by atoms with Gasteiger partial charge in [-0.15, -0.1) is 10.2 Å². The number of quaternary nitrogens is 1. The van der Waals surface area contributed by atoms with Crippen molar-refractivity contribution in [3.05, 3.63) is 40.9 Å². The van der Waals surface area contributed by atoms with Crippen molar-refractivity contribution in [2.24, 2.45) is 24.8 Å². The fraction of sp³-hybridized carbons (Fsp3) is 0.600. The number of aromatic nitrogens is 3. The highest BCUT2D eigenvalue weighted by molar-refractivity contribution is 7.98. The highest BCUT2D eigenvalue weighted by Gasteiger charge is 2.53. The van der Waals surface area contributed by atoms with Gasteiger partial charge in [-0.2, -0.15) is 5.23 Å². The second-order valence-electron chi connectivity index (χ2n) is 8.85. The molecule has 4 fully saturated rings. The van der Waals surface area contributed by atoms with Gasteiger partial charge < -0.3 is 9.77 Å². The van der Waals surface area contributed by atoms with Crippen molar-refractivity contribution in [2.45, 2.75) is 54.8 Å². The Labute approximate surface area is 163 Å². The Bertz CT molecular complexity index is 798. The van der Waals surface area contributed by atoms with Crippen molar-refractivity contribution >= 4 is 17.4 Å². The van der Waals surface area contributed by atoms with E-state index in [1.165, 1.54) is 44.3 Å². The third-order valence-electron chi connectivity index (χ3n) is 6.92. The maximum atomic E-state index is 11.0. The van der Waals surface area contributed by atoms with E-state index in [0.717, 1.165) is 34.2 Å². The Hall–Kier alpha value is -1.41. The third kappa shape index (κ3) is 3.10. The molecule has 2 aromatic rings. The van der Waals surface area contributed by atoms with Gasteiger partial charge >= 0.3 is 0 Å². The van der Waals surface area contributed by atoms with Gasteiger partial charge in [-0.25, -0.2) is 5.21 Å². The van der Waals surface area contributed by atoms with E-state index in [1.807, 2.05) is 12.1 Å². The van der Waals surface area contributed by atoms with Gasteiger partial charge in [-0.1, -0.05) is 23.9 Å². The molecule has 1 aromatic carbocycles. The maximum Gasteiger partial charge on any atom is 0.191 e. The van der Waals surface area contributed by atoms with E-state index in [1.54, 1.807) is 23.9 Å². The zero-order chi connectivity index (χ0) is 18.6. The van der Waals surface area contributed by atoms with Crippen LogP contribution in [0.2, 0.25) is 0 Å². The molecule has 27 heavy (non-hydrogen) atoms. The number of hydrogen-bond acceptors (Lipinski definition) is 5. The van der Waals surface area contributed by atoms with Crippen LogP contribution >= 0.6 is 11.8 Å². The Morgan fingerprint density at radius 3 is 2.26 bits per heavy atom. The predicted molar refractivity (Wildman–Crippen MR) is 103 cm³/mol. The van der Waals surface area contributed by atoms with E-state index in [9.17, 15) is 5.21 Å². The molecule has 1 atom stereocenters. The molecule has 4 saturated carbocycles. The van der Waals surface area contributed by atoms with Gasteiger partial charge in [0.15, 0.2) is 10.8 Å². The van der Waals surface area contributed by atoms with E-state index in [0.29, 0.717) is 5.69 Å². The summed E-state index contributed by atoms with van der Waals surface area (Å²) in [5, 5.41) is 29.2. The average Bonchev–Trinajstić information content (AvgIpc) is 3.00. The summed E-state index contributed by atoms with van der Waals surface area (Å²) in [4.78, 5) is 0. The van der Waals surface area contributed by atoms with Crippen LogP contribution in [0.5, 0.6) is 0 Å². The van der Waals surface area contributed by atoms with E-state index in [2.05, 4.69) is 21.8 Å². The summed E-state index contributed by atoms with van der Waals surface area (Å²) in [5.74, 6) is 4.67. The van der Waals surface area contributed by atoms with Gasteiger partial charge in [0, 0.05) is 30.3 Å². The van der Waals surface area contributed by atoms with Crippen LogP contribution in [0.4, 0.5) is 5.69 Å². The Balaban J connectivity index is 1.32. The number of rotatable bonds is 5. The molecule has 2 N–H and O–H groups in total. The van der Waals surface area contributed by atoms with Gasteiger partial charge in [0.25, 0.3) is 0 Å². The Morgan fingerprint density at radius 1 is 1.11 bits per heavy atom. The summed E-state index contributed by atoms with van der Waals surface area (Å²) in [7, 11) is 2.11. The van der Waals surface area contributed by atoms with Crippen LogP contribution in [0, 0.1) is 23.0 Å². The molecular weight excluding hydrogens is 360 g/mol. The topological polar surface area (TPSA) is 78.4 Å². The molecule has 0 saturated heterocycles. The first kappa shape index (κ1) is 17.7. The van der Waals surface area contributed by atoms with Gasteiger partial charge in [0.1, 0.15) is 5.82 Å². The Kier molecular flexibility index (Phi) is 4.31. The average molecular weight is 387 g/mol. The van der Waals surface area contributed by atoms with Crippen LogP contribution in [0.25, 0.3) is 0 Å². The second kappa shape index (κ2) is 6.58. The van der Waals surface area contributed by atoms with E-state index < -0.39 is 5.23 Å². The first-order valence-electron chi connectivity index (χ1n) is 9.87. The van der Waals surface area contributed by atoms with Crippen molar-refractivity contribution in [1.29, 1.82) is 0 Å². The summed E-state index contributed by atoms with van der Waals surface area (Å²) in [5.41, 5.74) is 1.69. The fourth-order valence-corrected chi connectivity index (χ4v) is 7.05. The molecule has 0 radical (unpaired) electrons. The summed E-state index contributed by atoms with van der Waals surface area (Å²) in [6, 6.07) is 7.09. The van der Waals surface area contributed by atoms with Gasteiger partial charge in [-0.3, -0.25) is 0 Å². The lowest BCUT2D eigenvalue weighted by Gasteiger charge is -2.56. The Morgan fingerprint density at radius 2 is 1.70 bits per heavy atom. The molecule has 4 bridgehead atoms. The summed E-state index contributed by atoms with van der Waals surface area (Å²) < 4.78 is 2.23. The number of nitrogens with zero attached hydrogens (tertiary/aromatic N) is 3. The van der Waals surface area contributed by atoms with Crippen LogP contribution in [0.1, 0.15) is 49.9 Å². The van der Waals surface area contributed by atoms with Crippen molar-refractivity contribution in [3.63, 3.8) is 0 Å². The van der Waals surface area contributed by atoms with E-state index in [4.69, 9.17) is 5.21 Å². The minimum absolute atomic E-state index is 0.262. The molecule has 0 aliphatic heterocycles. The van der Waals surface area contributed by atoms with Crippen LogP contribution in [-0.2, 0) is 18.2 Å². The minimum Gasteiger partial charge on any atom is -0.595 e. The molecule has 4 aliphatic carbocycles. The van der Waals surface area contributed by atoms with Gasteiger partial charge in [0.05, 0.1) is 0 Å². The number of thioether (sulfide) groups is 1. The lowest BCUT2D eigenvalue weighted by molar-refractivity contribution is -0.991. The SMILES string of the molecule is Cn1c(SCc2ccc([NH+]([O-])O)cc2)nnc1C12CC3CC(CC(C3)C1)C2. The normalized spacial score (nSPS) is 32.8. The molecule has 6 rings (SSSR count). The fourth-order valence-electron chi connectivity index (χ4n) is 6.18. The maximum absolute atomic E-state index is 11.0. The number of benzene rings is 1. The monoisotopic (exact) mass is 386 g/mol. The van der Waals surface area contributed by atoms with Crippen molar-refractivity contribution in [2.75, 3.05) is 0 Å². The van der Waals surface area contributed by atoms with E-state index in [-0.39, 0.29) is 5.41 Å². The van der Waals surface area contributed by atoms with Crippen LogP contribution in [0.3, 0.4) is 0 Å². The molecular formula is C20H26N4O2S. The smallest absolute Gasteiger partial charge is 0.191 e. The standard InChI is InChI=1S/C20H26N4O2S/c1-23-18(20-9-14-6-15(10-20)8-16(7-14)11-20)21-22-19(23)27-12-13-2-4-17(5-3-13)24(25)26/h2-5,14-16,24-25H,6-12H2,1H3. The van der Waals surface area contributed by atoms with Crippen molar-refractivity contribution in [3.8, 4) is 0 Å². The molecule has 1 unspecified atom stereocenters. The van der Waals surface area contributed by atoms with Crippen LogP contribution in [0.15, 0.2) is 29.4 Å². The largest absolute Gasteiger partial charge is 0.595 e. The van der Waals surface area contributed by atoms with Crippen LogP contribution < -0.4 is 5.23 Å². The first-order valence-corrected chi connectivity index (χ1v) is 10.9. The highest BCUT2D eigenvalue weighted by atomic mass is 32.2. The highest BCUT2D eigenvalue weighted by Crippen LogP contribution is 2.60. The molecule has 6 nitrogen and oxygen atoms in total. The zero-order valence-electron chi connectivity index (χ0n) is 15.6. The molecule has 0 amide bonds. The summed E-state index contributed by atoms with van der Waals surface area (Å²) >= 11 is 1.68. The zero-order valence-corrected chi connectivity index (χ0v) is 16.4. The number of nitrogens with one attached hydrogen (secondary N) is 1. The lowest BCUT2D eigenvalue weighted by Crippen LogP contribution is -2.99. The second-order valence-corrected chi connectivity index (χ2v) is 9.80. The molecule has 1 aromatic heterocycles. The van der Waals surface area contributed by atoms with Crippen LogP contribution in [-0.4, -0.2) is 20.0 Å². The summed E-state index contributed by atoms with van der Waals surface area (Å²) in [6.45, 7) is 0. The van der Waals surface area contributed by atoms with E-state index >= 15 is 0 Å². The lowest BCUT2D eigenvalue weighted by atomic mass is 9.49. The third-order valence-corrected chi connectivity index (χ3v) is 8.01. The number of hydrogen-bond donors (Lipinski definition) is 2.